The summed E-state index contributed by atoms with van der Waals surface area (Å²) in [5, 5.41) is 2.11. The van der Waals surface area contributed by atoms with Crippen LogP contribution in [-0.4, -0.2) is 18.8 Å². The average molecular weight is 333 g/mol. The van der Waals surface area contributed by atoms with Gasteiger partial charge in [-0.15, -0.1) is 11.3 Å². The van der Waals surface area contributed by atoms with E-state index in [0.29, 0.717) is 12.1 Å². The highest BCUT2D eigenvalue weighted by molar-refractivity contribution is 9.10. The molecular weight excluding hydrogens is 312 g/mol. The number of hydrazine groups is 1. The van der Waals surface area contributed by atoms with Crippen LogP contribution >= 0.6 is 27.3 Å². The second kappa shape index (κ2) is 7.01. The van der Waals surface area contributed by atoms with Crippen LogP contribution in [0.2, 0.25) is 0 Å². The number of thiophene rings is 1. The molecule has 3 nitrogen and oxygen atoms in total. The van der Waals surface area contributed by atoms with E-state index in [9.17, 15) is 0 Å². The number of nitrogens with two attached hydrogens (primary N) is 1. The Balaban J connectivity index is 1.75. The first-order valence-electron chi connectivity index (χ1n) is 6.52. The smallest absolute Gasteiger partial charge is 0.0580 e. The fourth-order valence-corrected chi connectivity index (χ4v) is 4.14. The Morgan fingerprint density at radius 1 is 1.61 bits per heavy atom. The zero-order valence-corrected chi connectivity index (χ0v) is 13.1. The lowest BCUT2D eigenvalue weighted by Gasteiger charge is -2.36. The molecule has 5 heteroatoms. The van der Waals surface area contributed by atoms with E-state index < -0.39 is 0 Å². The third-order valence-electron chi connectivity index (χ3n) is 3.57. The lowest BCUT2D eigenvalue weighted by atomic mass is 9.78. The molecule has 1 heterocycles. The summed E-state index contributed by atoms with van der Waals surface area (Å²) in [5.41, 5.74) is 2.96. The fraction of sp³-hybridized carbons (Fsp3) is 0.692. The standard InChI is InChI=1S/C13H21BrN2OS/c1-2-17-11-6-9(7-11)5-10(16-15)8-13-12(14)3-4-18-13/h3-4,9-11,16H,2,5-8,15H2,1H3. The Morgan fingerprint density at radius 3 is 2.94 bits per heavy atom. The van der Waals surface area contributed by atoms with Crippen LogP contribution in [0.4, 0.5) is 0 Å². The highest BCUT2D eigenvalue weighted by Crippen LogP contribution is 2.34. The molecule has 1 unspecified atom stereocenters. The molecule has 1 saturated carbocycles. The van der Waals surface area contributed by atoms with E-state index in [4.69, 9.17) is 10.6 Å². The summed E-state index contributed by atoms with van der Waals surface area (Å²) in [6, 6.07) is 2.47. The molecule has 0 bridgehead atoms. The van der Waals surface area contributed by atoms with E-state index in [2.05, 4.69) is 39.7 Å². The Labute approximate surface area is 121 Å². The van der Waals surface area contributed by atoms with Gasteiger partial charge in [-0.05, 0) is 65.9 Å². The van der Waals surface area contributed by atoms with Crippen LogP contribution in [-0.2, 0) is 11.2 Å². The molecule has 3 N–H and O–H groups in total. The molecule has 0 aromatic carbocycles. The van der Waals surface area contributed by atoms with Crippen LogP contribution in [0, 0.1) is 5.92 Å². The quantitative estimate of drug-likeness (QED) is 0.595. The second-order valence-corrected chi connectivity index (χ2v) is 6.76. The van der Waals surface area contributed by atoms with Crippen molar-refractivity contribution >= 4 is 27.3 Å². The first kappa shape index (κ1) is 14.5. The zero-order chi connectivity index (χ0) is 13.0. The molecule has 102 valence electrons. The molecule has 2 rings (SSSR count). The van der Waals surface area contributed by atoms with Crippen LogP contribution in [0.25, 0.3) is 0 Å². The van der Waals surface area contributed by atoms with Crippen LogP contribution in [0.5, 0.6) is 0 Å². The SMILES string of the molecule is CCOC1CC(CC(Cc2sccc2Br)NN)C1. The Morgan fingerprint density at radius 2 is 2.39 bits per heavy atom. The van der Waals surface area contributed by atoms with Gasteiger partial charge in [0.15, 0.2) is 0 Å². The van der Waals surface area contributed by atoms with Crippen molar-refractivity contribution in [2.45, 2.75) is 44.8 Å². The van der Waals surface area contributed by atoms with Crippen molar-refractivity contribution in [3.8, 4) is 0 Å². The first-order valence-corrected chi connectivity index (χ1v) is 8.19. The van der Waals surface area contributed by atoms with Gasteiger partial charge in [-0.2, -0.15) is 0 Å². The highest BCUT2D eigenvalue weighted by Gasteiger charge is 2.31. The number of ether oxygens (including phenoxy) is 1. The highest BCUT2D eigenvalue weighted by atomic mass is 79.9. The summed E-state index contributed by atoms with van der Waals surface area (Å²) in [6.07, 6.45) is 5.02. The van der Waals surface area contributed by atoms with Crippen molar-refractivity contribution in [3.05, 3.63) is 20.8 Å². The maximum atomic E-state index is 5.67. The van der Waals surface area contributed by atoms with E-state index in [1.165, 1.54) is 22.2 Å². The van der Waals surface area contributed by atoms with Crippen molar-refractivity contribution in [2.75, 3.05) is 6.61 Å². The molecule has 1 atom stereocenters. The summed E-state index contributed by atoms with van der Waals surface area (Å²) in [5.74, 6) is 6.43. The van der Waals surface area contributed by atoms with E-state index in [1.54, 1.807) is 11.3 Å². The van der Waals surface area contributed by atoms with Crippen molar-refractivity contribution < 1.29 is 4.74 Å². The van der Waals surface area contributed by atoms with Gasteiger partial charge in [0.1, 0.15) is 0 Å². The molecule has 1 aromatic heterocycles. The van der Waals surface area contributed by atoms with E-state index in [1.807, 2.05) is 0 Å². The van der Waals surface area contributed by atoms with Crippen molar-refractivity contribution in [1.82, 2.24) is 5.43 Å². The summed E-state index contributed by atoms with van der Waals surface area (Å²) in [4.78, 5) is 1.37. The summed E-state index contributed by atoms with van der Waals surface area (Å²) >= 11 is 5.36. The van der Waals surface area contributed by atoms with Gasteiger partial charge in [0.2, 0.25) is 0 Å². The maximum Gasteiger partial charge on any atom is 0.0580 e. The molecular formula is C13H21BrN2OS. The van der Waals surface area contributed by atoms with Gasteiger partial charge in [0.05, 0.1) is 6.10 Å². The fourth-order valence-electron chi connectivity index (χ4n) is 2.55. The molecule has 0 amide bonds. The molecule has 1 aliphatic carbocycles. The van der Waals surface area contributed by atoms with Crippen LogP contribution in [0.15, 0.2) is 15.9 Å². The summed E-state index contributed by atoms with van der Waals surface area (Å²) in [7, 11) is 0. The van der Waals surface area contributed by atoms with E-state index >= 15 is 0 Å². The number of nitrogens with one attached hydrogen (secondary N) is 1. The van der Waals surface area contributed by atoms with Crippen molar-refractivity contribution in [2.24, 2.45) is 11.8 Å². The van der Waals surface area contributed by atoms with Crippen molar-refractivity contribution in [1.29, 1.82) is 0 Å². The summed E-state index contributed by atoms with van der Waals surface area (Å²) in [6.45, 7) is 2.89. The summed E-state index contributed by atoms with van der Waals surface area (Å²) < 4.78 is 6.79. The predicted octanol–water partition coefficient (Wildman–Crippen LogP) is 3.09. The monoisotopic (exact) mass is 332 g/mol. The number of hydrogen-bond acceptors (Lipinski definition) is 4. The minimum atomic E-state index is 0.368. The minimum Gasteiger partial charge on any atom is -0.378 e. The maximum absolute atomic E-state index is 5.67. The predicted molar refractivity (Wildman–Crippen MR) is 79.6 cm³/mol. The molecule has 18 heavy (non-hydrogen) atoms. The first-order chi connectivity index (χ1) is 8.72. The number of rotatable bonds is 7. The topological polar surface area (TPSA) is 47.3 Å². The normalized spacial score (nSPS) is 24.8. The third-order valence-corrected chi connectivity index (χ3v) is 5.52. The molecule has 1 aliphatic rings. The lowest BCUT2D eigenvalue weighted by Crippen LogP contribution is -2.42. The molecule has 0 radical (unpaired) electrons. The number of halogens is 1. The minimum absolute atomic E-state index is 0.368. The second-order valence-electron chi connectivity index (χ2n) is 4.91. The molecule has 0 saturated heterocycles. The zero-order valence-electron chi connectivity index (χ0n) is 10.7. The van der Waals surface area contributed by atoms with Gasteiger partial charge >= 0.3 is 0 Å². The Hall–Kier alpha value is 0.0600. The average Bonchev–Trinajstić information content (AvgIpc) is 2.71. The molecule has 1 fully saturated rings. The Bertz CT molecular complexity index is 366. The van der Waals surface area contributed by atoms with Crippen molar-refractivity contribution in [3.63, 3.8) is 0 Å². The van der Waals surface area contributed by atoms with Gasteiger partial charge < -0.3 is 4.74 Å². The van der Waals surface area contributed by atoms with Crippen LogP contribution in [0.1, 0.15) is 31.1 Å². The van der Waals surface area contributed by atoms with Gasteiger partial charge in [0, 0.05) is 22.0 Å². The van der Waals surface area contributed by atoms with E-state index in [-0.39, 0.29) is 0 Å². The number of hydrogen-bond donors (Lipinski definition) is 2. The molecule has 0 aliphatic heterocycles. The Kier molecular flexibility index (Phi) is 5.63. The molecule has 1 aromatic rings. The van der Waals surface area contributed by atoms with Gasteiger partial charge in [-0.3, -0.25) is 11.3 Å². The lowest BCUT2D eigenvalue weighted by molar-refractivity contribution is -0.0290. The van der Waals surface area contributed by atoms with Crippen LogP contribution < -0.4 is 11.3 Å². The third kappa shape index (κ3) is 3.78. The van der Waals surface area contributed by atoms with E-state index in [0.717, 1.165) is 25.4 Å². The largest absolute Gasteiger partial charge is 0.378 e. The van der Waals surface area contributed by atoms with Gasteiger partial charge in [0.25, 0.3) is 0 Å². The molecule has 0 spiro atoms. The van der Waals surface area contributed by atoms with Crippen LogP contribution in [0.3, 0.4) is 0 Å². The van der Waals surface area contributed by atoms with Gasteiger partial charge in [-0.25, -0.2) is 0 Å². The van der Waals surface area contributed by atoms with Gasteiger partial charge in [-0.1, -0.05) is 0 Å².